The fourth-order valence-corrected chi connectivity index (χ4v) is 4.47. The second-order valence-electron chi connectivity index (χ2n) is 8.67. The summed E-state index contributed by atoms with van der Waals surface area (Å²) in [5.41, 5.74) is 1.86. The largest absolute Gasteiger partial charge is 0.388 e. The zero-order valence-electron chi connectivity index (χ0n) is 19.0. The van der Waals surface area contributed by atoms with E-state index in [0.29, 0.717) is 0 Å². The van der Waals surface area contributed by atoms with Crippen LogP contribution in [-0.4, -0.2) is 10.2 Å². The van der Waals surface area contributed by atoms with Crippen molar-refractivity contribution in [3.8, 4) is 0 Å². The fourth-order valence-electron chi connectivity index (χ4n) is 3.94. The third-order valence-corrected chi connectivity index (χ3v) is 6.33. The van der Waals surface area contributed by atoms with E-state index in [1.807, 2.05) is 18.2 Å². The Morgan fingerprint density at radius 3 is 1.31 bits per heavy atom. The van der Waals surface area contributed by atoms with Crippen molar-refractivity contribution in [2.75, 3.05) is 0 Å². The van der Waals surface area contributed by atoms with Gasteiger partial charge in [-0.25, -0.2) is 0 Å². The van der Waals surface area contributed by atoms with Crippen LogP contribution in [0.25, 0.3) is 0 Å². The SMILES string of the molecule is CCCCCCCCCC(O)c1cc(Br)cc(C(O)CCCCCCCCC)c1. The van der Waals surface area contributed by atoms with Gasteiger partial charge in [0.1, 0.15) is 0 Å². The molecule has 2 atom stereocenters. The first-order chi connectivity index (χ1) is 14.1. The third-order valence-electron chi connectivity index (χ3n) is 5.87. The van der Waals surface area contributed by atoms with Gasteiger partial charge in [0.2, 0.25) is 0 Å². The Bertz CT molecular complexity index is 475. The second kappa shape index (κ2) is 17.3. The second-order valence-corrected chi connectivity index (χ2v) is 9.59. The highest BCUT2D eigenvalue weighted by atomic mass is 79.9. The Hall–Kier alpha value is -0.380. The number of rotatable bonds is 18. The van der Waals surface area contributed by atoms with Crippen molar-refractivity contribution < 1.29 is 10.2 Å². The smallest absolute Gasteiger partial charge is 0.0790 e. The molecule has 1 aromatic carbocycles. The zero-order valence-corrected chi connectivity index (χ0v) is 20.6. The average molecular weight is 470 g/mol. The summed E-state index contributed by atoms with van der Waals surface area (Å²) >= 11 is 3.56. The van der Waals surface area contributed by atoms with Crippen molar-refractivity contribution in [1.29, 1.82) is 0 Å². The third kappa shape index (κ3) is 12.8. The van der Waals surface area contributed by atoms with Gasteiger partial charge in [0.15, 0.2) is 0 Å². The highest BCUT2D eigenvalue weighted by molar-refractivity contribution is 9.10. The predicted octanol–water partition coefficient (Wildman–Crippen LogP) is 8.80. The molecule has 0 fully saturated rings. The van der Waals surface area contributed by atoms with E-state index >= 15 is 0 Å². The fraction of sp³-hybridized carbons (Fsp3) is 0.769. The average Bonchev–Trinajstić information content (AvgIpc) is 2.71. The first-order valence-electron chi connectivity index (χ1n) is 12.2. The monoisotopic (exact) mass is 468 g/mol. The van der Waals surface area contributed by atoms with Crippen molar-refractivity contribution in [1.82, 2.24) is 0 Å². The molecule has 0 spiro atoms. The van der Waals surface area contributed by atoms with Gasteiger partial charge >= 0.3 is 0 Å². The van der Waals surface area contributed by atoms with Gasteiger partial charge in [0.05, 0.1) is 12.2 Å². The Morgan fingerprint density at radius 1 is 0.586 bits per heavy atom. The first-order valence-corrected chi connectivity index (χ1v) is 13.0. The Morgan fingerprint density at radius 2 is 0.931 bits per heavy atom. The molecular formula is C26H45BrO2. The molecule has 0 radical (unpaired) electrons. The van der Waals surface area contributed by atoms with Gasteiger partial charge in [-0.3, -0.25) is 0 Å². The van der Waals surface area contributed by atoms with E-state index in [1.54, 1.807) is 0 Å². The molecule has 0 aliphatic heterocycles. The van der Waals surface area contributed by atoms with E-state index in [0.717, 1.165) is 41.3 Å². The van der Waals surface area contributed by atoms with E-state index in [1.165, 1.54) is 77.0 Å². The highest BCUT2D eigenvalue weighted by Crippen LogP contribution is 2.29. The van der Waals surface area contributed by atoms with Crippen LogP contribution >= 0.6 is 15.9 Å². The molecule has 0 bridgehead atoms. The van der Waals surface area contributed by atoms with Crippen LogP contribution in [0.3, 0.4) is 0 Å². The summed E-state index contributed by atoms with van der Waals surface area (Å²) in [7, 11) is 0. The minimum atomic E-state index is -0.437. The lowest BCUT2D eigenvalue weighted by molar-refractivity contribution is 0.156. The lowest BCUT2D eigenvalue weighted by Gasteiger charge is -2.16. The molecule has 1 rings (SSSR count). The summed E-state index contributed by atoms with van der Waals surface area (Å²) in [5, 5.41) is 21.2. The van der Waals surface area contributed by atoms with E-state index < -0.39 is 12.2 Å². The summed E-state index contributed by atoms with van der Waals surface area (Å²) in [4.78, 5) is 0. The molecule has 1 aromatic rings. The molecule has 0 saturated carbocycles. The molecule has 29 heavy (non-hydrogen) atoms. The quantitative estimate of drug-likeness (QED) is 0.211. The van der Waals surface area contributed by atoms with Gasteiger partial charge in [0, 0.05) is 4.47 Å². The van der Waals surface area contributed by atoms with Crippen LogP contribution in [0.4, 0.5) is 0 Å². The Labute approximate surface area is 188 Å². The molecule has 0 aliphatic rings. The van der Waals surface area contributed by atoms with Crippen molar-refractivity contribution in [2.45, 2.75) is 129 Å². The predicted molar refractivity (Wildman–Crippen MR) is 129 cm³/mol. The summed E-state index contributed by atoms with van der Waals surface area (Å²) in [5.74, 6) is 0. The molecule has 0 aliphatic carbocycles. The minimum Gasteiger partial charge on any atom is -0.388 e. The summed E-state index contributed by atoms with van der Waals surface area (Å²) in [6.07, 6.45) is 18.4. The molecular weight excluding hydrogens is 424 g/mol. The number of unbranched alkanes of at least 4 members (excludes halogenated alkanes) is 12. The molecule has 2 N–H and O–H groups in total. The van der Waals surface area contributed by atoms with Crippen molar-refractivity contribution >= 4 is 15.9 Å². The van der Waals surface area contributed by atoms with E-state index in [4.69, 9.17) is 0 Å². The van der Waals surface area contributed by atoms with Crippen LogP contribution in [0.2, 0.25) is 0 Å². The van der Waals surface area contributed by atoms with Gasteiger partial charge in [-0.1, -0.05) is 126 Å². The number of benzene rings is 1. The Kier molecular flexibility index (Phi) is 15.9. The van der Waals surface area contributed by atoms with Gasteiger partial charge in [-0.05, 0) is 36.1 Å². The normalized spacial score (nSPS) is 13.6. The lowest BCUT2D eigenvalue weighted by Crippen LogP contribution is -2.03. The lowest BCUT2D eigenvalue weighted by atomic mass is 9.96. The van der Waals surface area contributed by atoms with Crippen LogP contribution in [-0.2, 0) is 0 Å². The van der Waals surface area contributed by atoms with Crippen LogP contribution in [0.1, 0.15) is 140 Å². The molecule has 168 valence electrons. The number of halogens is 1. The number of hydrogen-bond donors (Lipinski definition) is 2. The highest BCUT2D eigenvalue weighted by Gasteiger charge is 2.14. The van der Waals surface area contributed by atoms with Crippen molar-refractivity contribution in [3.05, 3.63) is 33.8 Å². The molecule has 2 unspecified atom stereocenters. The Balaban J connectivity index is 2.36. The van der Waals surface area contributed by atoms with Gasteiger partial charge in [-0.2, -0.15) is 0 Å². The molecule has 0 aromatic heterocycles. The molecule has 2 nitrogen and oxygen atoms in total. The zero-order chi connectivity index (χ0) is 21.3. The molecule has 0 amide bonds. The van der Waals surface area contributed by atoms with Crippen molar-refractivity contribution in [3.63, 3.8) is 0 Å². The van der Waals surface area contributed by atoms with Gasteiger partial charge < -0.3 is 10.2 Å². The minimum absolute atomic E-state index is 0.437. The standard InChI is InChI=1S/C26H45BrO2/c1-3-5-7-9-11-13-15-17-25(28)22-19-23(21-24(27)20-22)26(29)18-16-14-12-10-8-6-4-2/h19-21,25-26,28-29H,3-18H2,1-2H3. The van der Waals surface area contributed by atoms with E-state index in [9.17, 15) is 10.2 Å². The van der Waals surface area contributed by atoms with Crippen LogP contribution in [0.15, 0.2) is 22.7 Å². The summed E-state index contributed by atoms with van der Waals surface area (Å²) < 4.78 is 0.947. The first kappa shape index (κ1) is 26.7. The van der Waals surface area contributed by atoms with E-state index in [2.05, 4.69) is 29.8 Å². The van der Waals surface area contributed by atoms with Gasteiger partial charge in [-0.15, -0.1) is 0 Å². The summed E-state index contributed by atoms with van der Waals surface area (Å²) in [6.45, 7) is 4.49. The number of aliphatic hydroxyl groups excluding tert-OH is 2. The molecule has 3 heteroatoms. The van der Waals surface area contributed by atoms with E-state index in [-0.39, 0.29) is 0 Å². The number of aliphatic hydroxyl groups is 2. The van der Waals surface area contributed by atoms with Crippen LogP contribution < -0.4 is 0 Å². The van der Waals surface area contributed by atoms with Crippen LogP contribution in [0, 0.1) is 0 Å². The van der Waals surface area contributed by atoms with Gasteiger partial charge in [0.25, 0.3) is 0 Å². The topological polar surface area (TPSA) is 40.5 Å². The molecule has 0 heterocycles. The summed E-state index contributed by atoms with van der Waals surface area (Å²) in [6, 6.07) is 5.99. The maximum Gasteiger partial charge on any atom is 0.0790 e. The maximum atomic E-state index is 10.6. The number of hydrogen-bond acceptors (Lipinski definition) is 2. The van der Waals surface area contributed by atoms with Crippen LogP contribution in [0.5, 0.6) is 0 Å². The maximum absolute atomic E-state index is 10.6. The molecule has 0 saturated heterocycles. The van der Waals surface area contributed by atoms with Crippen molar-refractivity contribution in [2.24, 2.45) is 0 Å².